The lowest BCUT2D eigenvalue weighted by molar-refractivity contribution is -0.166. The summed E-state index contributed by atoms with van der Waals surface area (Å²) in [7, 11) is 0. The maximum atomic E-state index is 12.1. The Bertz CT molecular complexity index is 345. The molecule has 0 aromatic rings. The Morgan fingerprint density at radius 2 is 1.70 bits per heavy atom. The third-order valence-corrected chi connectivity index (χ3v) is 3.90. The molecule has 0 bridgehead atoms. The van der Waals surface area contributed by atoms with Crippen molar-refractivity contribution in [2.45, 2.75) is 46.5 Å². The van der Waals surface area contributed by atoms with Crippen molar-refractivity contribution in [2.75, 3.05) is 13.2 Å². The van der Waals surface area contributed by atoms with E-state index in [4.69, 9.17) is 9.47 Å². The van der Waals surface area contributed by atoms with Crippen LogP contribution in [0.1, 0.15) is 46.5 Å². The van der Waals surface area contributed by atoms with Crippen molar-refractivity contribution in [3.05, 3.63) is 0 Å². The lowest BCUT2D eigenvalue weighted by Crippen LogP contribution is -2.41. The molecule has 20 heavy (non-hydrogen) atoms. The van der Waals surface area contributed by atoms with Crippen molar-refractivity contribution < 1.29 is 23.9 Å². The van der Waals surface area contributed by atoms with Crippen LogP contribution in [0.15, 0.2) is 0 Å². The van der Waals surface area contributed by atoms with Gasteiger partial charge in [0, 0.05) is 12.8 Å². The molecule has 2 atom stereocenters. The number of ether oxygens (including phenoxy) is 2. The summed E-state index contributed by atoms with van der Waals surface area (Å²) in [4.78, 5) is 35.9. The minimum atomic E-state index is -0.968. The predicted molar refractivity (Wildman–Crippen MR) is 72.9 cm³/mol. The van der Waals surface area contributed by atoms with E-state index in [1.807, 2.05) is 6.92 Å². The number of hydrogen-bond acceptors (Lipinski definition) is 5. The maximum Gasteiger partial charge on any atom is 0.320 e. The first-order valence-electron chi connectivity index (χ1n) is 7.40. The van der Waals surface area contributed by atoms with Crippen LogP contribution in [0.4, 0.5) is 0 Å². The van der Waals surface area contributed by atoms with Gasteiger partial charge >= 0.3 is 11.9 Å². The van der Waals surface area contributed by atoms with Crippen LogP contribution in [-0.4, -0.2) is 30.9 Å². The van der Waals surface area contributed by atoms with Crippen molar-refractivity contribution in [1.82, 2.24) is 0 Å². The molecule has 2 unspecified atom stereocenters. The zero-order valence-electron chi connectivity index (χ0n) is 12.5. The summed E-state index contributed by atoms with van der Waals surface area (Å²) in [5, 5.41) is 0. The molecule has 0 amide bonds. The number of Topliss-reactive ketones (excluding diaryl/α,β-unsaturated/α-hetero) is 1. The van der Waals surface area contributed by atoms with Gasteiger partial charge in [-0.3, -0.25) is 14.4 Å². The average Bonchev–Trinajstić information content (AvgIpc) is 2.40. The van der Waals surface area contributed by atoms with Gasteiger partial charge in [0.25, 0.3) is 0 Å². The summed E-state index contributed by atoms with van der Waals surface area (Å²) >= 11 is 0. The highest BCUT2D eigenvalue weighted by atomic mass is 16.6. The molecule has 0 N–H and O–H groups in total. The second-order valence-corrected chi connectivity index (χ2v) is 5.10. The SMILES string of the molecule is CCOC(=O)C(C(=O)OCC)C1CC(=O)CCC1CC. The topological polar surface area (TPSA) is 69.7 Å². The molecule has 5 nitrogen and oxygen atoms in total. The first kappa shape index (κ1) is 16.7. The summed E-state index contributed by atoms with van der Waals surface area (Å²) in [5.74, 6) is -2.10. The second-order valence-electron chi connectivity index (χ2n) is 5.10. The fourth-order valence-corrected chi connectivity index (χ4v) is 2.90. The lowest BCUT2D eigenvalue weighted by Gasteiger charge is -2.33. The van der Waals surface area contributed by atoms with Crippen LogP contribution >= 0.6 is 0 Å². The largest absolute Gasteiger partial charge is 0.465 e. The summed E-state index contributed by atoms with van der Waals surface area (Å²) in [6.07, 6.45) is 2.37. The number of ketones is 1. The molecular formula is C15H24O5. The van der Waals surface area contributed by atoms with E-state index in [9.17, 15) is 14.4 Å². The summed E-state index contributed by atoms with van der Waals surface area (Å²) in [6.45, 7) is 5.84. The van der Waals surface area contributed by atoms with Gasteiger partial charge in [-0.1, -0.05) is 13.3 Å². The van der Waals surface area contributed by atoms with Crippen LogP contribution in [0.25, 0.3) is 0 Å². The Labute approximate surface area is 120 Å². The highest BCUT2D eigenvalue weighted by Crippen LogP contribution is 2.37. The predicted octanol–water partition coefficient (Wildman–Crippen LogP) is 2.12. The summed E-state index contributed by atoms with van der Waals surface area (Å²) in [6, 6.07) is 0. The minimum absolute atomic E-state index is 0.110. The zero-order valence-corrected chi connectivity index (χ0v) is 12.5. The van der Waals surface area contributed by atoms with E-state index in [0.29, 0.717) is 6.42 Å². The standard InChI is InChI=1S/C15H24O5/c1-4-10-7-8-11(16)9-12(10)13(14(17)19-5-2)15(18)20-6-3/h10,12-13H,4-9H2,1-3H3. The first-order chi connectivity index (χ1) is 9.54. The van der Waals surface area contributed by atoms with Crippen LogP contribution in [-0.2, 0) is 23.9 Å². The molecule has 0 heterocycles. The molecule has 1 rings (SSSR count). The highest BCUT2D eigenvalue weighted by Gasteiger charge is 2.43. The van der Waals surface area contributed by atoms with Gasteiger partial charge in [-0.2, -0.15) is 0 Å². The van der Waals surface area contributed by atoms with E-state index in [-0.39, 0.29) is 37.3 Å². The number of esters is 2. The van der Waals surface area contributed by atoms with Gasteiger partial charge < -0.3 is 9.47 Å². The number of carbonyl (C=O) groups is 3. The third-order valence-electron chi connectivity index (χ3n) is 3.90. The molecule has 1 aliphatic carbocycles. The first-order valence-corrected chi connectivity index (χ1v) is 7.40. The fourth-order valence-electron chi connectivity index (χ4n) is 2.90. The van der Waals surface area contributed by atoms with Crippen molar-refractivity contribution in [1.29, 1.82) is 0 Å². The second kappa shape index (κ2) is 8.02. The molecule has 1 aliphatic rings. The van der Waals surface area contributed by atoms with Gasteiger partial charge in [-0.25, -0.2) is 0 Å². The van der Waals surface area contributed by atoms with Crippen LogP contribution in [0, 0.1) is 17.8 Å². The lowest BCUT2D eigenvalue weighted by atomic mass is 9.71. The smallest absolute Gasteiger partial charge is 0.320 e. The molecule has 114 valence electrons. The van der Waals surface area contributed by atoms with Crippen molar-refractivity contribution >= 4 is 17.7 Å². The van der Waals surface area contributed by atoms with Crippen LogP contribution in [0.2, 0.25) is 0 Å². The Kier molecular flexibility index (Phi) is 6.68. The molecule has 0 spiro atoms. The minimum Gasteiger partial charge on any atom is -0.465 e. The molecule has 1 fully saturated rings. The summed E-state index contributed by atoms with van der Waals surface area (Å²) in [5.41, 5.74) is 0. The highest BCUT2D eigenvalue weighted by molar-refractivity contribution is 5.96. The van der Waals surface area contributed by atoms with E-state index in [2.05, 4.69) is 0 Å². The van der Waals surface area contributed by atoms with Crippen LogP contribution in [0.3, 0.4) is 0 Å². The Morgan fingerprint density at radius 1 is 1.15 bits per heavy atom. The van der Waals surface area contributed by atoms with Gasteiger partial charge in [-0.05, 0) is 32.1 Å². The van der Waals surface area contributed by atoms with Crippen LogP contribution < -0.4 is 0 Å². The Morgan fingerprint density at radius 3 is 2.15 bits per heavy atom. The van der Waals surface area contributed by atoms with E-state index in [1.165, 1.54) is 0 Å². The van der Waals surface area contributed by atoms with E-state index < -0.39 is 17.9 Å². The van der Waals surface area contributed by atoms with Gasteiger partial charge in [0.1, 0.15) is 5.78 Å². The molecule has 1 saturated carbocycles. The van der Waals surface area contributed by atoms with Gasteiger partial charge in [0.05, 0.1) is 13.2 Å². The van der Waals surface area contributed by atoms with Crippen molar-refractivity contribution in [2.24, 2.45) is 17.8 Å². The van der Waals surface area contributed by atoms with E-state index in [1.54, 1.807) is 13.8 Å². The molecule has 0 saturated heterocycles. The number of rotatable bonds is 6. The zero-order chi connectivity index (χ0) is 15.1. The van der Waals surface area contributed by atoms with E-state index in [0.717, 1.165) is 12.8 Å². The molecule has 5 heteroatoms. The van der Waals surface area contributed by atoms with Gasteiger partial charge in [0.2, 0.25) is 0 Å². The third kappa shape index (κ3) is 4.05. The number of carbonyl (C=O) groups excluding carboxylic acids is 3. The molecular weight excluding hydrogens is 260 g/mol. The quantitative estimate of drug-likeness (QED) is 0.552. The average molecular weight is 284 g/mol. The van der Waals surface area contributed by atoms with Gasteiger partial charge in [0.15, 0.2) is 5.92 Å². The van der Waals surface area contributed by atoms with Gasteiger partial charge in [-0.15, -0.1) is 0 Å². The normalized spacial score (nSPS) is 22.7. The summed E-state index contributed by atoms with van der Waals surface area (Å²) < 4.78 is 10.0. The van der Waals surface area contributed by atoms with Crippen LogP contribution in [0.5, 0.6) is 0 Å². The molecule has 0 aliphatic heterocycles. The van der Waals surface area contributed by atoms with Crippen molar-refractivity contribution in [3.63, 3.8) is 0 Å². The fraction of sp³-hybridized carbons (Fsp3) is 0.800. The molecule has 0 aromatic carbocycles. The monoisotopic (exact) mass is 284 g/mol. The molecule has 0 aromatic heterocycles. The Hall–Kier alpha value is -1.39. The maximum absolute atomic E-state index is 12.1. The number of hydrogen-bond donors (Lipinski definition) is 0. The Balaban J connectivity index is 2.96. The van der Waals surface area contributed by atoms with E-state index >= 15 is 0 Å². The molecule has 0 radical (unpaired) electrons. The van der Waals surface area contributed by atoms with Crippen molar-refractivity contribution in [3.8, 4) is 0 Å².